The molecular formula is C32H39N5O7. The van der Waals surface area contributed by atoms with Gasteiger partial charge in [-0.25, -0.2) is 9.78 Å². The van der Waals surface area contributed by atoms with Gasteiger partial charge in [-0.2, -0.15) is 0 Å². The first kappa shape index (κ1) is 33.4. The molecule has 0 aliphatic heterocycles. The van der Waals surface area contributed by atoms with E-state index >= 15 is 0 Å². The predicted molar refractivity (Wildman–Crippen MR) is 166 cm³/mol. The van der Waals surface area contributed by atoms with Crippen LogP contribution in [0, 0.1) is 12.8 Å². The van der Waals surface area contributed by atoms with Crippen LogP contribution in [0.15, 0.2) is 60.8 Å². The molecule has 12 heteroatoms. The number of carbonyl (C=O) groups excluding carboxylic acids is 3. The van der Waals surface area contributed by atoms with E-state index in [9.17, 15) is 24.3 Å². The molecule has 12 nitrogen and oxygen atoms in total. The van der Waals surface area contributed by atoms with Crippen LogP contribution in [0.5, 0.6) is 11.5 Å². The molecule has 4 amide bonds. The number of anilines is 2. The average Bonchev–Trinajstić information content (AvgIpc) is 2.98. The third-order valence-corrected chi connectivity index (χ3v) is 6.68. The molecule has 0 aliphatic carbocycles. The second-order valence-corrected chi connectivity index (χ2v) is 10.7. The minimum atomic E-state index is -1.12. The molecule has 1 unspecified atom stereocenters. The summed E-state index contributed by atoms with van der Waals surface area (Å²) in [4.78, 5) is 54.5. The minimum absolute atomic E-state index is 0.00499. The van der Waals surface area contributed by atoms with Crippen molar-refractivity contribution in [2.24, 2.45) is 5.92 Å². The van der Waals surface area contributed by atoms with Crippen LogP contribution in [0.4, 0.5) is 16.3 Å². The van der Waals surface area contributed by atoms with Crippen LogP contribution < -0.4 is 30.7 Å². The van der Waals surface area contributed by atoms with Crippen molar-refractivity contribution in [1.82, 2.24) is 15.6 Å². The molecule has 0 radical (unpaired) electrons. The Balaban J connectivity index is 1.58. The van der Waals surface area contributed by atoms with Crippen LogP contribution in [0.1, 0.15) is 42.9 Å². The number of carbonyl (C=O) groups is 4. The molecule has 0 spiro atoms. The summed E-state index contributed by atoms with van der Waals surface area (Å²) in [6, 6.07) is 13.7. The molecule has 1 heterocycles. The lowest BCUT2D eigenvalue weighted by molar-refractivity contribution is -0.139. The van der Waals surface area contributed by atoms with Crippen LogP contribution >= 0.6 is 0 Å². The number of aromatic nitrogens is 1. The summed E-state index contributed by atoms with van der Waals surface area (Å²) in [5.74, 6) is -1.69. The number of urea groups is 1. The number of aryl methyl sites for hydroxylation is 1. The number of hydrogen-bond donors (Lipinski definition) is 5. The van der Waals surface area contributed by atoms with Crippen molar-refractivity contribution in [1.29, 1.82) is 0 Å². The van der Waals surface area contributed by atoms with Gasteiger partial charge in [0.25, 0.3) is 0 Å². The highest BCUT2D eigenvalue weighted by Gasteiger charge is 2.26. The Morgan fingerprint density at radius 3 is 2.20 bits per heavy atom. The van der Waals surface area contributed by atoms with Crippen LogP contribution in [-0.4, -0.2) is 60.7 Å². The maximum absolute atomic E-state index is 13.1. The number of methoxy groups -OCH3 is 2. The fourth-order valence-corrected chi connectivity index (χ4v) is 4.40. The molecule has 2 atom stereocenters. The third kappa shape index (κ3) is 10.0. The molecular weight excluding hydrogens is 566 g/mol. The number of nitrogens with one attached hydrogen (secondary N) is 4. The number of pyridine rings is 1. The molecule has 44 heavy (non-hydrogen) atoms. The van der Waals surface area contributed by atoms with Crippen molar-refractivity contribution in [3.8, 4) is 11.5 Å². The van der Waals surface area contributed by atoms with Crippen LogP contribution in [0.2, 0.25) is 0 Å². The molecule has 0 saturated heterocycles. The highest BCUT2D eigenvalue weighted by molar-refractivity contribution is 5.99. The summed E-state index contributed by atoms with van der Waals surface area (Å²) >= 11 is 0. The van der Waals surface area contributed by atoms with Crippen molar-refractivity contribution in [2.75, 3.05) is 31.4 Å². The predicted octanol–water partition coefficient (Wildman–Crippen LogP) is 4.11. The Morgan fingerprint density at radius 2 is 1.61 bits per heavy atom. The zero-order chi connectivity index (χ0) is 32.2. The van der Waals surface area contributed by atoms with Crippen molar-refractivity contribution >= 4 is 35.3 Å². The van der Waals surface area contributed by atoms with Gasteiger partial charge in [0.1, 0.15) is 11.9 Å². The second kappa shape index (κ2) is 15.9. The van der Waals surface area contributed by atoms with Gasteiger partial charge < -0.3 is 30.5 Å². The molecule has 0 aliphatic rings. The van der Waals surface area contributed by atoms with Gasteiger partial charge in [-0.05, 0) is 66.3 Å². The molecule has 0 fully saturated rings. The Hall–Kier alpha value is -5.13. The van der Waals surface area contributed by atoms with Crippen molar-refractivity contribution in [3.05, 3.63) is 77.5 Å². The fourth-order valence-electron chi connectivity index (χ4n) is 4.40. The van der Waals surface area contributed by atoms with Gasteiger partial charge in [-0.3, -0.25) is 19.7 Å². The highest BCUT2D eigenvalue weighted by Crippen LogP contribution is 2.30. The average molecular weight is 606 g/mol. The van der Waals surface area contributed by atoms with E-state index in [-0.39, 0.29) is 24.8 Å². The smallest absolute Gasteiger partial charge is 0.324 e. The first-order valence-corrected chi connectivity index (χ1v) is 14.1. The lowest BCUT2D eigenvalue weighted by Gasteiger charge is -2.22. The van der Waals surface area contributed by atoms with Crippen molar-refractivity contribution < 1.29 is 33.8 Å². The number of benzene rings is 2. The lowest BCUT2D eigenvalue weighted by atomic mass is 9.97. The number of ether oxygens (including phenoxy) is 2. The van der Waals surface area contributed by atoms with Gasteiger partial charge in [0.15, 0.2) is 11.5 Å². The van der Waals surface area contributed by atoms with Gasteiger partial charge in [0.2, 0.25) is 11.8 Å². The Kier molecular flexibility index (Phi) is 12.1. The normalized spacial score (nSPS) is 12.0. The Labute approximate surface area is 256 Å². The quantitative estimate of drug-likeness (QED) is 0.183. The third-order valence-electron chi connectivity index (χ3n) is 6.68. The van der Waals surface area contributed by atoms with Crippen molar-refractivity contribution in [3.63, 3.8) is 0 Å². The van der Waals surface area contributed by atoms with E-state index in [0.29, 0.717) is 40.6 Å². The Morgan fingerprint density at radius 1 is 0.909 bits per heavy atom. The monoisotopic (exact) mass is 605 g/mol. The molecule has 0 saturated carbocycles. The SMILES string of the molecule is COc1ccc(C(CNC(=O)[C@H](CC(C)C)NC(=O)Cc2ccc(NC(=O)Nc3ccc(C)cn3)cc2)C(=O)O)cc1OC. The summed E-state index contributed by atoms with van der Waals surface area (Å²) in [6.07, 6.45) is 2.02. The standard InChI is InChI=1S/C32H39N5O7/c1-19(2)14-25(30(39)34-18-24(31(40)41)22-9-12-26(43-4)27(16-22)44-5)36-29(38)15-21-7-10-23(11-8-21)35-32(42)37-28-13-6-20(3)17-33-28/h6-13,16-17,19,24-25H,14-15,18H2,1-5H3,(H,34,39)(H,36,38)(H,40,41)(H2,33,35,37,42)/t24?,25-/m0/s1. The maximum atomic E-state index is 13.1. The van der Waals surface area contributed by atoms with Gasteiger partial charge in [-0.1, -0.05) is 38.1 Å². The van der Waals surface area contributed by atoms with E-state index in [2.05, 4.69) is 26.3 Å². The maximum Gasteiger partial charge on any atom is 0.324 e. The number of hydrogen-bond acceptors (Lipinski definition) is 7. The molecule has 5 N–H and O–H groups in total. The molecule has 3 rings (SSSR count). The summed E-state index contributed by atoms with van der Waals surface area (Å²) < 4.78 is 10.5. The largest absolute Gasteiger partial charge is 0.493 e. The number of carboxylic acid groups (broad SMARTS) is 1. The first-order valence-electron chi connectivity index (χ1n) is 14.1. The number of nitrogens with zero attached hydrogens (tertiary/aromatic N) is 1. The molecule has 2 aromatic carbocycles. The van der Waals surface area contributed by atoms with Gasteiger partial charge >= 0.3 is 12.0 Å². The highest BCUT2D eigenvalue weighted by atomic mass is 16.5. The van der Waals surface area contributed by atoms with Crippen LogP contribution in [0.3, 0.4) is 0 Å². The number of aliphatic carboxylic acids is 1. The van der Waals surface area contributed by atoms with Crippen molar-refractivity contribution in [2.45, 2.75) is 45.6 Å². The second-order valence-electron chi connectivity index (χ2n) is 10.7. The summed E-state index contributed by atoms with van der Waals surface area (Å²) in [5.41, 5.74) is 2.61. The molecule has 1 aromatic heterocycles. The topological polar surface area (TPSA) is 168 Å². The van der Waals surface area contributed by atoms with E-state index in [1.165, 1.54) is 14.2 Å². The summed E-state index contributed by atoms with van der Waals surface area (Å²) in [5, 5.41) is 20.7. The van der Waals surface area contributed by atoms with Gasteiger partial charge in [0.05, 0.1) is 26.6 Å². The van der Waals surface area contributed by atoms with Crippen LogP contribution in [0.25, 0.3) is 0 Å². The fraction of sp³-hybridized carbons (Fsp3) is 0.344. The molecule has 0 bridgehead atoms. The number of rotatable bonds is 14. The lowest BCUT2D eigenvalue weighted by Crippen LogP contribution is -2.49. The van der Waals surface area contributed by atoms with Crippen LogP contribution in [-0.2, 0) is 20.8 Å². The van der Waals surface area contributed by atoms with E-state index in [0.717, 1.165) is 5.56 Å². The zero-order valence-electron chi connectivity index (χ0n) is 25.5. The summed E-state index contributed by atoms with van der Waals surface area (Å²) in [6.45, 7) is 5.56. The van der Waals surface area contributed by atoms with E-state index in [1.807, 2.05) is 26.8 Å². The zero-order valence-corrected chi connectivity index (χ0v) is 25.5. The molecule has 3 aromatic rings. The minimum Gasteiger partial charge on any atom is -0.493 e. The van der Waals surface area contributed by atoms with Gasteiger partial charge in [0, 0.05) is 18.4 Å². The first-order chi connectivity index (χ1) is 21.0. The summed E-state index contributed by atoms with van der Waals surface area (Å²) in [7, 11) is 2.93. The number of carboxylic acids is 1. The van der Waals surface area contributed by atoms with E-state index in [1.54, 1.807) is 54.7 Å². The van der Waals surface area contributed by atoms with Gasteiger partial charge in [-0.15, -0.1) is 0 Å². The van der Waals surface area contributed by atoms with E-state index in [4.69, 9.17) is 9.47 Å². The van der Waals surface area contributed by atoms with E-state index < -0.39 is 29.9 Å². The molecule has 234 valence electrons. The Bertz CT molecular complexity index is 1440. The number of amides is 4.